The minimum atomic E-state index is -0.403. The third kappa shape index (κ3) is 4.01. The predicted octanol–water partition coefficient (Wildman–Crippen LogP) is 0.810. The molecule has 3 atom stereocenters. The maximum absolute atomic E-state index is 9.74. The number of amidine groups is 1. The third-order valence-electron chi connectivity index (χ3n) is 2.49. The van der Waals surface area contributed by atoms with E-state index in [0.717, 1.165) is 13.0 Å². The quantitative estimate of drug-likeness (QED) is 0.383. The van der Waals surface area contributed by atoms with Crippen LogP contribution in [0.3, 0.4) is 0 Å². The number of nitrogens with one attached hydrogen (secondary N) is 1. The van der Waals surface area contributed by atoms with E-state index in [-0.39, 0.29) is 12.1 Å². The Morgan fingerprint density at radius 3 is 2.87 bits per heavy atom. The zero-order chi connectivity index (χ0) is 11.3. The first kappa shape index (κ1) is 12.8. The van der Waals surface area contributed by atoms with Gasteiger partial charge in [-0.2, -0.15) is 0 Å². The van der Waals surface area contributed by atoms with Crippen LogP contribution in [-0.2, 0) is 4.74 Å². The van der Waals surface area contributed by atoms with Gasteiger partial charge in [0.1, 0.15) is 0 Å². The molecule has 0 aromatic rings. The van der Waals surface area contributed by atoms with Crippen LogP contribution < -0.4 is 5.32 Å². The molecule has 0 radical (unpaired) electrons. The van der Waals surface area contributed by atoms with Crippen molar-refractivity contribution >= 4 is 17.8 Å². The van der Waals surface area contributed by atoms with Crippen molar-refractivity contribution in [3.63, 3.8) is 0 Å². The molecule has 1 aliphatic rings. The van der Waals surface area contributed by atoms with Crippen molar-refractivity contribution in [1.82, 2.24) is 5.32 Å². The molecule has 0 bridgehead atoms. The van der Waals surface area contributed by atoms with Crippen LogP contribution in [0.4, 0.5) is 0 Å². The van der Waals surface area contributed by atoms with Gasteiger partial charge in [0.25, 0.3) is 0 Å². The van der Waals surface area contributed by atoms with E-state index in [2.05, 4.69) is 22.9 Å². The van der Waals surface area contributed by atoms with Gasteiger partial charge in [0.2, 0.25) is 0 Å². The van der Waals surface area contributed by atoms with Crippen molar-refractivity contribution in [3.8, 4) is 0 Å². The van der Waals surface area contributed by atoms with E-state index in [1.54, 1.807) is 0 Å². The van der Waals surface area contributed by atoms with Gasteiger partial charge in [0, 0.05) is 13.0 Å². The maximum atomic E-state index is 9.74. The van der Waals surface area contributed by atoms with Crippen LogP contribution in [0.2, 0.25) is 0 Å². The Hall–Kier alpha value is -0.260. The molecular formula is C10H20N2O2S. The van der Waals surface area contributed by atoms with Gasteiger partial charge < -0.3 is 15.2 Å². The Kier molecular flexibility index (Phi) is 5.42. The lowest BCUT2D eigenvalue weighted by Crippen LogP contribution is -2.40. The Morgan fingerprint density at radius 1 is 1.60 bits per heavy atom. The van der Waals surface area contributed by atoms with Crippen LogP contribution in [-0.4, -0.2) is 41.7 Å². The number of hydrogen-bond donors (Lipinski definition) is 3. The summed E-state index contributed by atoms with van der Waals surface area (Å²) in [5, 5.41) is 13.4. The molecular weight excluding hydrogens is 212 g/mol. The normalized spacial score (nSPS) is 32.8. The summed E-state index contributed by atoms with van der Waals surface area (Å²) in [6.07, 6.45) is 1.08. The number of aliphatic imine (C=N–C) groups is 1. The first-order valence-corrected chi connectivity index (χ1v) is 5.92. The highest BCUT2D eigenvalue weighted by atomic mass is 32.1. The number of rotatable bonds is 3. The second-order valence-corrected chi connectivity index (χ2v) is 4.14. The molecule has 1 unspecified atom stereocenters. The van der Waals surface area contributed by atoms with Crippen molar-refractivity contribution in [2.75, 3.05) is 13.2 Å². The smallest absolute Gasteiger partial charge is 0.153 e. The van der Waals surface area contributed by atoms with Gasteiger partial charge >= 0.3 is 0 Å². The second kappa shape index (κ2) is 6.35. The molecule has 88 valence electrons. The average molecular weight is 232 g/mol. The fourth-order valence-electron chi connectivity index (χ4n) is 1.70. The van der Waals surface area contributed by atoms with E-state index in [9.17, 15) is 5.11 Å². The van der Waals surface area contributed by atoms with Crippen LogP contribution in [0.1, 0.15) is 26.7 Å². The lowest BCUT2D eigenvalue weighted by Gasteiger charge is -2.31. The van der Waals surface area contributed by atoms with Crippen LogP contribution in [0.15, 0.2) is 4.99 Å². The highest BCUT2D eigenvalue weighted by Crippen LogP contribution is 2.19. The number of aliphatic hydroxyl groups excluding tert-OH is 1. The van der Waals surface area contributed by atoms with Gasteiger partial charge in [-0.15, -0.1) is 12.6 Å². The molecule has 15 heavy (non-hydrogen) atoms. The van der Waals surface area contributed by atoms with Crippen LogP contribution in [0.5, 0.6) is 0 Å². The van der Waals surface area contributed by atoms with Crippen molar-refractivity contribution in [2.45, 2.75) is 44.9 Å². The fraction of sp³-hybridized carbons (Fsp3) is 0.900. The minimum Gasteiger partial charge on any atom is -0.390 e. The SMILES string of the molecule is CCN/C(S)=N/[C@H]1COC(CC)[C@@H](O)C1. The molecule has 1 saturated heterocycles. The molecule has 0 spiro atoms. The number of ether oxygens (including phenoxy) is 1. The molecule has 2 N–H and O–H groups in total. The van der Waals surface area contributed by atoms with Gasteiger partial charge in [-0.05, 0) is 13.3 Å². The summed E-state index contributed by atoms with van der Waals surface area (Å²) in [4.78, 5) is 4.33. The number of hydrogen-bond acceptors (Lipinski definition) is 3. The van der Waals surface area contributed by atoms with Gasteiger partial charge in [0.15, 0.2) is 5.17 Å². The molecule has 5 heteroatoms. The van der Waals surface area contributed by atoms with Crippen LogP contribution in [0.25, 0.3) is 0 Å². The lowest BCUT2D eigenvalue weighted by atomic mass is 10.0. The lowest BCUT2D eigenvalue weighted by molar-refractivity contribution is -0.0819. The summed E-state index contributed by atoms with van der Waals surface area (Å²) in [6, 6.07) is 0.0225. The number of aliphatic hydroxyl groups is 1. The maximum Gasteiger partial charge on any atom is 0.153 e. The highest BCUT2D eigenvalue weighted by Gasteiger charge is 2.28. The van der Waals surface area contributed by atoms with Crippen molar-refractivity contribution in [1.29, 1.82) is 0 Å². The summed E-state index contributed by atoms with van der Waals surface area (Å²) in [6.45, 7) is 5.38. The predicted molar refractivity (Wildman–Crippen MR) is 64.5 cm³/mol. The van der Waals surface area contributed by atoms with Crippen molar-refractivity contribution < 1.29 is 9.84 Å². The van der Waals surface area contributed by atoms with Gasteiger partial charge in [-0.25, -0.2) is 0 Å². The van der Waals surface area contributed by atoms with E-state index < -0.39 is 6.10 Å². The summed E-state index contributed by atoms with van der Waals surface area (Å²) in [5.74, 6) is 0. The Labute approximate surface area is 96.5 Å². The summed E-state index contributed by atoms with van der Waals surface area (Å²) in [7, 11) is 0. The Balaban J connectivity index is 2.43. The fourth-order valence-corrected chi connectivity index (χ4v) is 2.02. The zero-order valence-electron chi connectivity index (χ0n) is 9.31. The number of thiol groups is 1. The topological polar surface area (TPSA) is 53.9 Å². The van der Waals surface area contributed by atoms with E-state index >= 15 is 0 Å². The summed E-state index contributed by atoms with van der Waals surface area (Å²) < 4.78 is 5.51. The van der Waals surface area contributed by atoms with Gasteiger partial charge in [0.05, 0.1) is 24.9 Å². The van der Waals surface area contributed by atoms with Gasteiger partial charge in [-0.3, -0.25) is 4.99 Å². The first-order chi connectivity index (χ1) is 7.17. The second-order valence-electron chi connectivity index (χ2n) is 3.72. The van der Waals surface area contributed by atoms with E-state index in [4.69, 9.17) is 4.74 Å². The summed E-state index contributed by atoms with van der Waals surface area (Å²) >= 11 is 4.20. The molecule has 0 aromatic carbocycles. The van der Waals surface area contributed by atoms with Crippen LogP contribution >= 0.6 is 12.6 Å². The molecule has 1 aliphatic heterocycles. The summed E-state index contributed by atoms with van der Waals surface area (Å²) in [5.41, 5.74) is 0. The molecule has 1 rings (SSSR count). The third-order valence-corrected chi connectivity index (χ3v) is 2.76. The van der Waals surface area contributed by atoms with Crippen molar-refractivity contribution in [2.24, 2.45) is 4.99 Å². The van der Waals surface area contributed by atoms with Crippen LogP contribution in [0, 0.1) is 0 Å². The van der Waals surface area contributed by atoms with Crippen molar-refractivity contribution in [3.05, 3.63) is 0 Å². The molecule has 0 aromatic heterocycles. The molecule has 0 amide bonds. The van der Waals surface area contributed by atoms with E-state index in [0.29, 0.717) is 18.2 Å². The largest absolute Gasteiger partial charge is 0.390 e. The highest BCUT2D eigenvalue weighted by molar-refractivity contribution is 7.96. The zero-order valence-corrected chi connectivity index (χ0v) is 10.2. The monoisotopic (exact) mass is 232 g/mol. The molecule has 1 fully saturated rings. The van der Waals surface area contributed by atoms with Gasteiger partial charge in [-0.1, -0.05) is 6.92 Å². The molecule has 4 nitrogen and oxygen atoms in total. The minimum absolute atomic E-state index is 0.0225. The first-order valence-electron chi connectivity index (χ1n) is 5.47. The molecule has 0 aliphatic carbocycles. The Bertz CT molecular complexity index is 223. The standard InChI is InChI=1S/C10H20N2O2S/c1-3-9-8(13)5-7(6-14-9)12-10(15)11-4-2/h7-9,13H,3-6H2,1-2H3,(H2,11,12,15)/t7-,8+,9?/m1/s1. The molecule has 0 saturated carbocycles. The molecule has 1 heterocycles. The number of nitrogens with zero attached hydrogens (tertiary/aromatic N) is 1. The average Bonchev–Trinajstić information content (AvgIpc) is 2.18. The van der Waals surface area contributed by atoms with E-state index in [1.165, 1.54) is 0 Å². The van der Waals surface area contributed by atoms with E-state index in [1.807, 2.05) is 13.8 Å². The Morgan fingerprint density at radius 2 is 2.33 bits per heavy atom.